The first-order valence-electron chi connectivity index (χ1n) is 9.97. The molecule has 0 unspecified atom stereocenters. The van der Waals surface area contributed by atoms with Crippen molar-refractivity contribution < 1.29 is 14.3 Å². The molecule has 2 aromatic heterocycles. The van der Waals surface area contributed by atoms with Crippen LogP contribution in [0.25, 0.3) is 16.6 Å². The van der Waals surface area contributed by atoms with Crippen molar-refractivity contribution in [3.05, 3.63) is 64.6 Å². The van der Waals surface area contributed by atoms with Crippen LogP contribution in [0.5, 0.6) is 11.5 Å². The molecule has 8 heteroatoms. The molecule has 0 aliphatic carbocycles. The number of carbonyl (C=O) groups is 1. The second kappa shape index (κ2) is 8.14. The Bertz CT molecular complexity index is 1340. The fraction of sp³-hybridized carbons (Fsp3) is 0.261. The van der Waals surface area contributed by atoms with Gasteiger partial charge in [0, 0.05) is 18.7 Å². The summed E-state index contributed by atoms with van der Waals surface area (Å²) in [6.45, 7) is 4.69. The van der Waals surface area contributed by atoms with E-state index in [1.54, 1.807) is 29.9 Å². The van der Waals surface area contributed by atoms with Gasteiger partial charge in [-0.05, 0) is 30.2 Å². The number of fused-ring (bicyclic) bond motifs is 3. The smallest absolute Gasteiger partial charge is 0.277 e. The number of benzene rings is 2. The van der Waals surface area contributed by atoms with Gasteiger partial charge in [-0.25, -0.2) is 4.52 Å². The number of carbonyl (C=O) groups excluding carboxylic acids is 1. The molecule has 0 bridgehead atoms. The van der Waals surface area contributed by atoms with Crippen LogP contribution in [0.4, 0.5) is 5.69 Å². The Morgan fingerprint density at radius 2 is 1.77 bits per heavy atom. The fourth-order valence-corrected chi connectivity index (χ4v) is 3.58. The quantitative estimate of drug-likeness (QED) is 0.515. The van der Waals surface area contributed by atoms with E-state index in [-0.39, 0.29) is 17.2 Å². The van der Waals surface area contributed by atoms with Crippen LogP contribution in [0, 0.1) is 5.92 Å². The third-order valence-electron chi connectivity index (χ3n) is 5.01. The monoisotopic (exact) mass is 420 g/mol. The minimum absolute atomic E-state index is 0.141. The second-order valence-corrected chi connectivity index (χ2v) is 7.65. The number of hydrogen-bond acceptors (Lipinski definition) is 5. The van der Waals surface area contributed by atoms with Crippen molar-refractivity contribution in [3.8, 4) is 11.5 Å². The summed E-state index contributed by atoms with van der Waals surface area (Å²) in [5.74, 6) is 0.920. The molecule has 160 valence electrons. The lowest BCUT2D eigenvalue weighted by atomic mass is 10.2. The molecule has 2 heterocycles. The Hall–Kier alpha value is -3.81. The van der Waals surface area contributed by atoms with Gasteiger partial charge in [-0.3, -0.25) is 9.59 Å². The van der Waals surface area contributed by atoms with E-state index in [1.807, 2.05) is 24.3 Å². The topological polar surface area (TPSA) is 86.9 Å². The van der Waals surface area contributed by atoms with Gasteiger partial charge in [0.15, 0.2) is 5.69 Å². The van der Waals surface area contributed by atoms with E-state index < -0.39 is 5.91 Å². The van der Waals surface area contributed by atoms with Crippen molar-refractivity contribution in [2.45, 2.75) is 20.4 Å². The van der Waals surface area contributed by atoms with Crippen LogP contribution in [-0.2, 0) is 6.54 Å². The molecule has 0 aliphatic rings. The second-order valence-electron chi connectivity index (χ2n) is 7.65. The molecule has 0 aliphatic heterocycles. The predicted molar refractivity (Wildman–Crippen MR) is 119 cm³/mol. The van der Waals surface area contributed by atoms with Crippen molar-refractivity contribution in [1.29, 1.82) is 0 Å². The molecule has 31 heavy (non-hydrogen) atoms. The molecule has 2 aromatic carbocycles. The van der Waals surface area contributed by atoms with Gasteiger partial charge in [-0.15, -0.1) is 0 Å². The van der Waals surface area contributed by atoms with Gasteiger partial charge in [-0.1, -0.05) is 26.0 Å². The first-order valence-corrected chi connectivity index (χ1v) is 9.97. The van der Waals surface area contributed by atoms with E-state index in [4.69, 9.17) is 9.47 Å². The number of amides is 1. The maximum atomic E-state index is 13.2. The fourth-order valence-electron chi connectivity index (χ4n) is 3.58. The SMILES string of the molecule is COc1ccc(NC(=O)c2cc3c(=O)n(CC(C)C)c4ccccc4n3n2)c(OC)c1. The summed E-state index contributed by atoms with van der Waals surface area (Å²) in [7, 11) is 3.07. The zero-order valence-corrected chi connectivity index (χ0v) is 17.9. The summed E-state index contributed by atoms with van der Waals surface area (Å²) >= 11 is 0. The minimum atomic E-state index is -0.439. The molecule has 0 radical (unpaired) electrons. The number of nitrogens with zero attached hydrogens (tertiary/aromatic N) is 3. The van der Waals surface area contributed by atoms with Crippen LogP contribution in [0.3, 0.4) is 0 Å². The van der Waals surface area contributed by atoms with Crippen LogP contribution in [0.15, 0.2) is 53.3 Å². The molecule has 4 aromatic rings. The van der Waals surface area contributed by atoms with Gasteiger partial charge >= 0.3 is 0 Å². The predicted octanol–water partition coefficient (Wildman–Crippen LogP) is 3.57. The van der Waals surface area contributed by atoms with Gasteiger partial charge in [-0.2, -0.15) is 5.10 Å². The highest BCUT2D eigenvalue weighted by molar-refractivity contribution is 6.04. The maximum Gasteiger partial charge on any atom is 0.277 e. The Kier molecular flexibility index (Phi) is 5.37. The van der Waals surface area contributed by atoms with Crippen molar-refractivity contribution in [2.24, 2.45) is 5.92 Å². The van der Waals surface area contributed by atoms with Gasteiger partial charge in [0.05, 0.1) is 30.9 Å². The molecule has 0 spiro atoms. The standard InChI is InChI=1S/C23H24N4O4/c1-14(2)13-26-18-7-5-6-8-19(18)27-20(23(26)29)12-17(25-27)22(28)24-16-10-9-15(30-3)11-21(16)31-4/h5-12,14H,13H2,1-4H3,(H,24,28). The number of para-hydroxylation sites is 2. The normalized spacial score (nSPS) is 11.3. The van der Waals surface area contributed by atoms with Gasteiger partial charge in [0.1, 0.15) is 17.0 Å². The Labute approximate surface area is 179 Å². The summed E-state index contributed by atoms with van der Waals surface area (Å²) in [6.07, 6.45) is 0. The summed E-state index contributed by atoms with van der Waals surface area (Å²) in [5.41, 5.74) is 2.33. The molecule has 0 fully saturated rings. The summed E-state index contributed by atoms with van der Waals surface area (Å²) in [6, 6.07) is 14.2. The number of aromatic nitrogens is 3. The van der Waals surface area contributed by atoms with Crippen molar-refractivity contribution >= 4 is 28.1 Å². The average Bonchev–Trinajstić information content (AvgIpc) is 3.23. The van der Waals surface area contributed by atoms with Crippen molar-refractivity contribution in [1.82, 2.24) is 14.2 Å². The van der Waals surface area contributed by atoms with Crippen LogP contribution in [-0.4, -0.2) is 34.3 Å². The molecule has 1 amide bonds. The first-order chi connectivity index (χ1) is 14.9. The molecule has 1 N–H and O–H groups in total. The highest BCUT2D eigenvalue weighted by atomic mass is 16.5. The molecular weight excluding hydrogens is 396 g/mol. The molecule has 0 atom stereocenters. The lowest BCUT2D eigenvalue weighted by molar-refractivity contribution is 0.102. The summed E-state index contributed by atoms with van der Waals surface area (Å²) in [5, 5.41) is 7.23. The highest BCUT2D eigenvalue weighted by Crippen LogP contribution is 2.29. The van der Waals surface area contributed by atoms with Gasteiger partial charge < -0.3 is 19.4 Å². The average molecular weight is 420 g/mol. The molecule has 0 saturated heterocycles. The number of rotatable bonds is 6. The Balaban J connectivity index is 1.79. The number of ether oxygens (including phenoxy) is 2. The summed E-state index contributed by atoms with van der Waals surface area (Å²) < 4.78 is 13.8. The lowest BCUT2D eigenvalue weighted by Crippen LogP contribution is -2.25. The molecule has 4 rings (SSSR count). The Morgan fingerprint density at radius 3 is 2.45 bits per heavy atom. The van der Waals surface area contributed by atoms with E-state index in [1.165, 1.54) is 17.7 Å². The van der Waals surface area contributed by atoms with Crippen molar-refractivity contribution in [2.75, 3.05) is 19.5 Å². The zero-order chi connectivity index (χ0) is 22.1. The molecule has 0 saturated carbocycles. The van der Waals surface area contributed by atoms with Crippen LogP contribution in [0.1, 0.15) is 24.3 Å². The third-order valence-corrected chi connectivity index (χ3v) is 5.01. The number of anilines is 1. The van der Waals surface area contributed by atoms with Crippen LogP contribution < -0.4 is 20.3 Å². The zero-order valence-electron chi connectivity index (χ0n) is 17.9. The minimum Gasteiger partial charge on any atom is -0.497 e. The first kappa shape index (κ1) is 20.5. The van der Waals surface area contributed by atoms with E-state index in [0.29, 0.717) is 29.2 Å². The van der Waals surface area contributed by atoms with Crippen molar-refractivity contribution in [3.63, 3.8) is 0 Å². The highest BCUT2D eigenvalue weighted by Gasteiger charge is 2.19. The largest absolute Gasteiger partial charge is 0.497 e. The maximum absolute atomic E-state index is 13.2. The molecule has 8 nitrogen and oxygen atoms in total. The van der Waals surface area contributed by atoms with E-state index in [0.717, 1.165) is 11.0 Å². The number of hydrogen-bond donors (Lipinski definition) is 1. The van der Waals surface area contributed by atoms with Crippen LogP contribution >= 0.6 is 0 Å². The third kappa shape index (κ3) is 3.72. The Morgan fingerprint density at radius 1 is 1.03 bits per heavy atom. The number of methoxy groups -OCH3 is 2. The van der Waals surface area contributed by atoms with E-state index >= 15 is 0 Å². The van der Waals surface area contributed by atoms with Gasteiger partial charge in [0.25, 0.3) is 11.5 Å². The van der Waals surface area contributed by atoms with E-state index in [9.17, 15) is 9.59 Å². The summed E-state index contributed by atoms with van der Waals surface area (Å²) in [4.78, 5) is 26.1. The van der Waals surface area contributed by atoms with E-state index in [2.05, 4.69) is 24.3 Å². The lowest BCUT2D eigenvalue weighted by Gasteiger charge is -2.13. The number of nitrogens with one attached hydrogen (secondary N) is 1. The molecular formula is C23H24N4O4. The van der Waals surface area contributed by atoms with Gasteiger partial charge in [0.2, 0.25) is 0 Å². The van der Waals surface area contributed by atoms with Crippen LogP contribution in [0.2, 0.25) is 0 Å².